The van der Waals surface area contributed by atoms with Crippen molar-refractivity contribution >= 4 is 23.7 Å². The molecule has 0 aliphatic heterocycles. The number of hydrogen-bond acceptors (Lipinski definition) is 5. The molecule has 0 aliphatic carbocycles. The molecular weight excluding hydrogens is 318 g/mol. The van der Waals surface area contributed by atoms with E-state index in [0.29, 0.717) is 6.42 Å². The number of carboxylic acids is 2. The molecule has 0 bridgehead atoms. The predicted molar refractivity (Wildman–Crippen MR) is 85.4 cm³/mol. The molecule has 1 amide bonds. The van der Waals surface area contributed by atoms with Crippen molar-refractivity contribution in [3.05, 3.63) is 23.8 Å². The summed E-state index contributed by atoms with van der Waals surface area (Å²) in [6.07, 6.45) is 1.16. The van der Waals surface area contributed by atoms with Crippen molar-refractivity contribution in [2.45, 2.75) is 45.1 Å². The molecule has 0 aromatic heterocycles. The molecule has 0 heterocycles. The van der Waals surface area contributed by atoms with Crippen LogP contribution in [0.25, 0.3) is 0 Å². The standard InChI is InChI=1S/C16H21NO7/c1-2-3-4-5-9-12(14(19)20)24-16(23)17-10-7-6-8-11(18)13(10)15(21)22/h6-8,12,18H,2-5,9H2,1H3,(H,17,23)(H,19,20)(H,21,22). The van der Waals surface area contributed by atoms with Crippen LogP contribution >= 0.6 is 0 Å². The molecule has 1 unspecified atom stereocenters. The van der Waals surface area contributed by atoms with Crippen molar-refractivity contribution in [2.75, 3.05) is 5.32 Å². The number of phenols is 1. The highest BCUT2D eigenvalue weighted by Crippen LogP contribution is 2.25. The summed E-state index contributed by atoms with van der Waals surface area (Å²) in [7, 11) is 0. The third kappa shape index (κ3) is 5.79. The van der Waals surface area contributed by atoms with E-state index in [1.165, 1.54) is 12.1 Å². The molecule has 1 atom stereocenters. The second-order valence-corrected chi connectivity index (χ2v) is 5.21. The van der Waals surface area contributed by atoms with E-state index in [4.69, 9.17) is 14.9 Å². The lowest BCUT2D eigenvalue weighted by atomic mass is 10.1. The predicted octanol–water partition coefficient (Wildman–Crippen LogP) is 3.06. The van der Waals surface area contributed by atoms with E-state index < -0.39 is 35.4 Å². The first-order valence-corrected chi connectivity index (χ1v) is 7.62. The van der Waals surface area contributed by atoms with Crippen molar-refractivity contribution in [3.63, 3.8) is 0 Å². The number of aliphatic carboxylic acids is 1. The summed E-state index contributed by atoms with van der Waals surface area (Å²) in [6, 6.07) is 3.77. The fourth-order valence-electron chi connectivity index (χ4n) is 2.13. The number of carboxylic acid groups (broad SMARTS) is 2. The number of aromatic hydroxyl groups is 1. The van der Waals surface area contributed by atoms with E-state index in [9.17, 15) is 19.5 Å². The Morgan fingerprint density at radius 2 is 1.88 bits per heavy atom. The van der Waals surface area contributed by atoms with Crippen LogP contribution < -0.4 is 5.32 Å². The number of ether oxygens (including phenoxy) is 1. The molecule has 0 saturated heterocycles. The number of anilines is 1. The monoisotopic (exact) mass is 339 g/mol. The molecule has 1 rings (SSSR count). The molecule has 0 spiro atoms. The van der Waals surface area contributed by atoms with Gasteiger partial charge in [0.2, 0.25) is 6.10 Å². The Balaban J connectivity index is 2.71. The molecule has 0 fully saturated rings. The molecule has 1 aromatic rings. The highest BCUT2D eigenvalue weighted by Gasteiger charge is 2.23. The van der Waals surface area contributed by atoms with E-state index in [0.717, 1.165) is 25.3 Å². The van der Waals surface area contributed by atoms with Gasteiger partial charge in [0.25, 0.3) is 0 Å². The lowest BCUT2D eigenvalue weighted by Gasteiger charge is -2.15. The Morgan fingerprint density at radius 1 is 1.17 bits per heavy atom. The topological polar surface area (TPSA) is 133 Å². The molecule has 1 aromatic carbocycles. The average molecular weight is 339 g/mol. The maximum Gasteiger partial charge on any atom is 0.412 e. The average Bonchev–Trinajstić information content (AvgIpc) is 2.49. The summed E-state index contributed by atoms with van der Waals surface area (Å²) < 4.78 is 4.85. The molecule has 0 saturated carbocycles. The van der Waals surface area contributed by atoms with Gasteiger partial charge in [-0.15, -0.1) is 0 Å². The zero-order chi connectivity index (χ0) is 18.1. The maximum atomic E-state index is 11.8. The smallest absolute Gasteiger partial charge is 0.412 e. The molecule has 0 radical (unpaired) electrons. The molecule has 8 heteroatoms. The molecule has 4 N–H and O–H groups in total. The molecular formula is C16H21NO7. The number of carbonyl (C=O) groups is 3. The van der Waals surface area contributed by atoms with Crippen molar-refractivity contribution in [2.24, 2.45) is 0 Å². The maximum absolute atomic E-state index is 11.8. The summed E-state index contributed by atoms with van der Waals surface area (Å²) in [5.74, 6) is -3.22. The Bertz CT molecular complexity index is 600. The van der Waals surface area contributed by atoms with Gasteiger partial charge in [-0.3, -0.25) is 5.32 Å². The first kappa shape index (κ1) is 19.3. The second kappa shape index (κ2) is 9.39. The highest BCUT2D eigenvalue weighted by atomic mass is 16.6. The molecule has 0 aliphatic rings. The van der Waals surface area contributed by atoms with Gasteiger partial charge in [-0.1, -0.05) is 32.3 Å². The van der Waals surface area contributed by atoms with E-state index in [1.54, 1.807) is 0 Å². The normalized spacial score (nSPS) is 11.5. The number of benzene rings is 1. The summed E-state index contributed by atoms with van der Waals surface area (Å²) in [5, 5.41) is 29.8. The Morgan fingerprint density at radius 3 is 2.46 bits per heavy atom. The number of unbranched alkanes of at least 4 members (excludes halogenated alkanes) is 3. The number of rotatable bonds is 9. The van der Waals surface area contributed by atoms with E-state index >= 15 is 0 Å². The van der Waals surface area contributed by atoms with Crippen molar-refractivity contribution in [1.29, 1.82) is 0 Å². The van der Waals surface area contributed by atoms with Gasteiger partial charge in [0.05, 0.1) is 5.69 Å². The largest absolute Gasteiger partial charge is 0.507 e. The van der Waals surface area contributed by atoms with Gasteiger partial charge >= 0.3 is 18.0 Å². The Hall–Kier alpha value is -2.77. The van der Waals surface area contributed by atoms with E-state index in [2.05, 4.69) is 5.32 Å². The Kier molecular flexibility index (Phi) is 7.54. The fraction of sp³-hybridized carbons (Fsp3) is 0.438. The first-order chi connectivity index (χ1) is 11.4. The van der Waals surface area contributed by atoms with E-state index in [1.807, 2.05) is 6.92 Å². The molecule has 132 valence electrons. The van der Waals surface area contributed by atoms with Crippen molar-refractivity contribution in [1.82, 2.24) is 0 Å². The van der Waals surface area contributed by atoms with Crippen LogP contribution in [0.4, 0.5) is 10.5 Å². The SMILES string of the molecule is CCCCCCC(OC(=O)Nc1cccc(O)c1C(=O)O)C(=O)O. The number of amides is 1. The molecule has 8 nitrogen and oxygen atoms in total. The number of carbonyl (C=O) groups excluding carboxylic acids is 1. The third-order valence-corrected chi connectivity index (χ3v) is 3.34. The number of hydrogen-bond donors (Lipinski definition) is 4. The van der Waals surface area contributed by atoms with Crippen LogP contribution in [-0.4, -0.2) is 39.5 Å². The summed E-state index contributed by atoms with van der Waals surface area (Å²) in [5.41, 5.74) is -0.674. The summed E-state index contributed by atoms with van der Waals surface area (Å²) in [4.78, 5) is 34.1. The quantitative estimate of drug-likeness (QED) is 0.508. The first-order valence-electron chi connectivity index (χ1n) is 7.62. The van der Waals surface area contributed by atoms with E-state index in [-0.39, 0.29) is 12.1 Å². The van der Waals surface area contributed by atoms with Crippen molar-refractivity contribution in [3.8, 4) is 5.75 Å². The van der Waals surface area contributed by atoms with Gasteiger partial charge in [-0.05, 0) is 25.0 Å². The minimum Gasteiger partial charge on any atom is -0.507 e. The van der Waals surface area contributed by atoms with Crippen molar-refractivity contribution < 1.29 is 34.4 Å². The lowest BCUT2D eigenvalue weighted by molar-refractivity contribution is -0.146. The zero-order valence-corrected chi connectivity index (χ0v) is 13.3. The number of nitrogens with one attached hydrogen (secondary N) is 1. The highest BCUT2D eigenvalue weighted by molar-refractivity contribution is 6.01. The minimum absolute atomic E-state index is 0.175. The van der Waals surface area contributed by atoms with Gasteiger partial charge in [0, 0.05) is 0 Å². The fourth-order valence-corrected chi connectivity index (χ4v) is 2.13. The summed E-state index contributed by atoms with van der Waals surface area (Å²) in [6.45, 7) is 2.02. The van der Waals surface area contributed by atoms with Gasteiger partial charge < -0.3 is 20.1 Å². The summed E-state index contributed by atoms with van der Waals surface area (Å²) >= 11 is 0. The van der Waals surface area contributed by atoms with Gasteiger partial charge in [0.15, 0.2) is 0 Å². The van der Waals surface area contributed by atoms with Crippen LogP contribution in [0.2, 0.25) is 0 Å². The van der Waals surface area contributed by atoms with Gasteiger partial charge in [0.1, 0.15) is 11.3 Å². The van der Waals surface area contributed by atoms with Gasteiger partial charge in [-0.25, -0.2) is 14.4 Å². The minimum atomic E-state index is -1.43. The lowest BCUT2D eigenvalue weighted by Crippen LogP contribution is -2.29. The van der Waals surface area contributed by atoms with Crippen LogP contribution in [0.15, 0.2) is 18.2 Å². The second-order valence-electron chi connectivity index (χ2n) is 5.21. The van der Waals surface area contributed by atoms with Crippen LogP contribution in [0.3, 0.4) is 0 Å². The van der Waals surface area contributed by atoms with Crippen LogP contribution in [0.5, 0.6) is 5.75 Å². The zero-order valence-electron chi connectivity index (χ0n) is 13.3. The Labute approximate surface area is 139 Å². The van der Waals surface area contributed by atoms with Crippen LogP contribution in [-0.2, 0) is 9.53 Å². The number of aromatic carboxylic acids is 1. The van der Waals surface area contributed by atoms with Crippen LogP contribution in [0, 0.1) is 0 Å². The molecule has 24 heavy (non-hydrogen) atoms. The third-order valence-electron chi connectivity index (χ3n) is 3.34. The van der Waals surface area contributed by atoms with Crippen LogP contribution in [0.1, 0.15) is 49.4 Å². The van der Waals surface area contributed by atoms with Gasteiger partial charge in [-0.2, -0.15) is 0 Å².